The van der Waals surface area contributed by atoms with E-state index in [1.165, 1.54) is 6.07 Å². The van der Waals surface area contributed by atoms with Gasteiger partial charge in [0.05, 0.1) is 0 Å². The lowest BCUT2D eigenvalue weighted by molar-refractivity contribution is 0.623. The normalized spacial score (nSPS) is 10.4. The molecule has 16 heavy (non-hydrogen) atoms. The highest BCUT2D eigenvalue weighted by atomic mass is 19.1. The second kappa shape index (κ2) is 7.23. The molecule has 0 atom stereocenters. The summed E-state index contributed by atoms with van der Waals surface area (Å²) in [5, 5.41) is 3.29. The van der Waals surface area contributed by atoms with Gasteiger partial charge in [-0.3, -0.25) is 0 Å². The highest BCUT2D eigenvalue weighted by Gasteiger charge is 2.01. The molecule has 0 radical (unpaired) electrons. The number of hydrogen-bond donors (Lipinski definition) is 1. The summed E-state index contributed by atoms with van der Waals surface area (Å²) in [6.07, 6.45) is 2.29. The van der Waals surface area contributed by atoms with Gasteiger partial charge in [-0.15, -0.1) is 0 Å². The van der Waals surface area contributed by atoms with Crippen molar-refractivity contribution >= 4 is 5.69 Å². The van der Waals surface area contributed by atoms with Crippen LogP contribution in [0.3, 0.4) is 0 Å². The zero-order valence-corrected chi connectivity index (χ0v) is 10.2. The Bertz CT molecular complexity index is 302. The number of halogens is 1. The van der Waals surface area contributed by atoms with Crippen LogP contribution in [0.5, 0.6) is 0 Å². The molecule has 0 aliphatic rings. The van der Waals surface area contributed by atoms with Crippen LogP contribution in [0.2, 0.25) is 0 Å². The molecule has 90 valence electrons. The Morgan fingerprint density at radius 2 is 2.12 bits per heavy atom. The monoisotopic (exact) mass is 224 g/mol. The summed E-state index contributed by atoms with van der Waals surface area (Å²) in [6.45, 7) is 5.17. The van der Waals surface area contributed by atoms with Crippen LogP contribution in [0.1, 0.15) is 19.8 Å². The van der Waals surface area contributed by atoms with Crippen LogP contribution in [0.15, 0.2) is 24.3 Å². The topological polar surface area (TPSA) is 15.3 Å². The van der Waals surface area contributed by atoms with Crippen LogP contribution < -0.4 is 10.2 Å². The summed E-state index contributed by atoms with van der Waals surface area (Å²) in [6, 6.07) is 6.74. The maximum atomic E-state index is 13.0. The van der Waals surface area contributed by atoms with Gasteiger partial charge >= 0.3 is 0 Å². The molecule has 1 aromatic rings. The molecule has 0 fully saturated rings. The molecule has 0 saturated carbocycles. The zero-order chi connectivity index (χ0) is 11.8. The molecule has 1 N–H and O–H groups in total. The summed E-state index contributed by atoms with van der Waals surface area (Å²) in [5.74, 6) is -0.169. The molecule has 3 heteroatoms. The van der Waals surface area contributed by atoms with Crippen LogP contribution in [0.25, 0.3) is 0 Å². The summed E-state index contributed by atoms with van der Waals surface area (Å²) >= 11 is 0. The van der Waals surface area contributed by atoms with Gasteiger partial charge in [0.1, 0.15) is 5.82 Å². The smallest absolute Gasteiger partial charge is 0.125 e. The van der Waals surface area contributed by atoms with Crippen molar-refractivity contribution in [3.8, 4) is 0 Å². The summed E-state index contributed by atoms with van der Waals surface area (Å²) in [4.78, 5) is 2.09. The highest BCUT2D eigenvalue weighted by Crippen LogP contribution is 2.14. The summed E-state index contributed by atoms with van der Waals surface area (Å²) < 4.78 is 13.0. The minimum absolute atomic E-state index is 0.169. The maximum Gasteiger partial charge on any atom is 0.125 e. The van der Waals surface area contributed by atoms with E-state index in [0.29, 0.717) is 0 Å². The Hall–Kier alpha value is -1.09. The predicted octanol–water partition coefficient (Wildman–Crippen LogP) is 2.65. The molecule has 0 aliphatic carbocycles. The molecule has 0 amide bonds. The van der Waals surface area contributed by atoms with E-state index in [4.69, 9.17) is 0 Å². The van der Waals surface area contributed by atoms with Gasteiger partial charge in [-0.25, -0.2) is 4.39 Å². The average Bonchev–Trinajstić information content (AvgIpc) is 2.28. The van der Waals surface area contributed by atoms with Gasteiger partial charge in [0.15, 0.2) is 0 Å². The molecule has 0 saturated heterocycles. The molecule has 0 bridgehead atoms. The predicted molar refractivity (Wildman–Crippen MR) is 67.4 cm³/mol. The average molecular weight is 224 g/mol. The molecule has 2 nitrogen and oxygen atoms in total. The third-order valence-electron chi connectivity index (χ3n) is 2.60. The zero-order valence-electron chi connectivity index (χ0n) is 10.2. The first-order chi connectivity index (χ1) is 7.74. The van der Waals surface area contributed by atoms with Gasteiger partial charge in [-0.05, 0) is 44.1 Å². The van der Waals surface area contributed by atoms with Gasteiger partial charge in [-0.2, -0.15) is 0 Å². The number of anilines is 1. The molecule has 0 aromatic heterocycles. The molecule has 0 spiro atoms. The van der Waals surface area contributed by atoms with Crippen LogP contribution in [0.4, 0.5) is 10.1 Å². The summed E-state index contributed by atoms with van der Waals surface area (Å²) in [7, 11) is 2.00. The Morgan fingerprint density at radius 1 is 1.31 bits per heavy atom. The van der Waals surface area contributed by atoms with E-state index >= 15 is 0 Å². The molecule has 1 aromatic carbocycles. The quantitative estimate of drug-likeness (QED) is 0.716. The first-order valence-electron chi connectivity index (χ1n) is 5.91. The minimum atomic E-state index is -0.169. The lowest BCUT2D eigenvalue weighted by Gasteiger charge is -2.19. The molecule has 0 unspecified atom stereocenters. The third kappa shape index (κ3) is 4.62. The number of unbranched alkanes of at least 4 members (excludes halogenated alkanes) is 1. The van der Waals surface area contributed by atoms with Crippen molar-refractivity contribution in [1.29, 1.82) is 0 Å². The first-order valence-corrected chi connectivity index (χ1v) is 5.91. The van der Waals surface area contributed by atoms with E-state index in [9.17, 15) is 4.39 Å². The van der Waals surface area contributed by atoms with Gasteiger partial charge in [0.2, 0.25) is 0 Å². The third-order valence-corrected chi connectivity index (χ3v) is 2.60. The number of hydrogen-bond acceptors (Lipinski definition) is 2. The minimum Gasteiger partial charge on any atom is -0.375 e. The van der Waals surface area contributed by atoms with E-state index in [1.807, 2.05) is 13.1 Å². The van der Waals surface area contributed by atoms with Crippen LogP contribution in [-0.4, -0.2) is 26.7 Å². The molecule has 0 heterocycles. The molecule has 1 rings (SSSR count). The van der Waals surface area contributed by atoms with E-state index in [0.717, 1.165) is 38.2 Å². The van der Waals surface area contributed by atoms with Gasteiger partial charge in [-0.1, -0.05) is 13.0 Å². The number of nitrogens with zero attached hydrogens (tertiary/aromatic N) is 1. The Morgan fingerprint density at radius 3 is 2.81 bits per heavy atom. The lowest BCUT2D eigenvalue weighted by atomic mass is 10.2. The van der Waals surface area contributed by atoms with E-state index in [2.05, 4.69) is 17.1 Å². The fourth-order valence-electron chi connectivity index (χ4n) is 1.62. The maximum absolute atomic E-state index is 13.0. The van der Waals surface area contributed by atoms with E-state index in [1.54, 1.807) is 12.1 Å². The number of rotatable bonds is 7. The lowest BCUT2D eigenvalue weighted by Crippen LogP contribution is -2.20. The SMILES string of the molecule is CCNCCCCN(C)c1cccc(F)c1. The number of benzene rings is 1. The summed E-state index contributed by atoms with van der Waals surface area (Å²) in [5.41, 5.74) is 0.948. The molecule has 0 aliphatic heterocycles. The molecular formula is C13H21FN2. The first kappa shape index (κ1) is 13.0. The van der Waals surface area contributed by atoms with Crippen LogP contribution in [0, 0.1) is 5.82 Å². The second-order valence-corrected chi connectivity index (χ2v) is 3.96. The van der Waals surface area contributed by atoms with Crippen molar-refractivity contribution in [3.63, 3.8) is 0 Å². The second-order valence-electron chi connectivity index (χ2n) is 3.96. The fourth-order valence-corrected chi connectivity index (χ4v) is 1.62. The van der Waals surface area contributed by atoms with E-state index < -0.39 is 0 Å². The van der Waals surface area contributed by atoms with Gasteiger partial charge < -0.3 is 10.2 Å². The largest absolute Gasteiger partial charge is 0.375 e. The standard InChI is InChI=1S/C13H21FN2/c1-3-15-9-4-5-10-16(2)13-8-6-7-12(14)11-13/h6-8,11,15H,3-5,9-10H2,1-2H3. The van der Waals surface area contributed by atoms with Crippen molar-refractivity contribution in [3.05, 3.63) is 30.1 Å². The Balaban J connectivity index is 2.27. The number of nitrogens with one attached hydrogen (secondary N) is 1. The fraction of sp³-hybridized carbons (Fsp3) is 0.538. The van der Waals surface area contributed by atoms with Crippen molar-refractivity contribution < 1.29 is 4.39 Å². The van der Waals surface area contributed by atoms with Gasteiger partial charge in [0.25, 0.3) is 0 Å². The highest BCUT2D eigenvalue weighted by molar-refractivity contribution is 5.45. The Labute approximate surface area is 97.5 Å². The molecular weight excluding hydrogens is 203 g/mol. The van der Waals surface area contributed by atoms with E-state index in [-0.39, 0.29) is 5.82 Å². The van der Waals surface area contributed by atoms with Crippen LogP contribution in [-0.2, 0) is 0 Å². The van der Waals surface area contributed by atoms with Gasteiger partial charge in [0, 0.05) is 19.3 Å². The van der Waals surface area contributed by atoms with Crippen molar-refractivity contribution in [2.24, 2.45) is 0 Å². The van der Waals surface area contributed by atoms with Crippen LogP contribution >= 0.6 is 0 Å². The Kier molecular flexibility index (Phi) is 5.86. The van der Waals surface area contributed by atoms with Crippen molar-refractivity contribution in [1.82, 2.24) is 5.32 Å². The van der Waals surface area contributed by atoms with Crippen molar-refractivity contribution in [2.75, 3.05) is 31.6 Å². The van der Waals surface area contributed by atoms with Crippen molar-refractivity contribution in [2.45, 2.75) is 19.8 Å².